The molecule has 0 radical (unpaired) electrons. The monoisotopic (exact) mass is 382 g/mol. The number of pyridine rings is 1. The molecule has 148 valence electrons. The Morgan fingerprint density at radius 3 is 2.86 bits per heavy atom. The molecule has 1 fully saturated rings. The Bertz CT molecular complexity index is 863. The molecular weight excluding hydrogens is 356 g/mol. The summed E-state index contributed by atoms with van der Waals surface area (Å²) in [5, 5.41) is 11.6. The van der Waals surface area contributed by atoms with E-state index in [-0.39, 0.29) is 18.8 Å². The van der Waals surface area contributed by atoms with Crippen LogP contribution in [0.5, 0.6) is 11.5 Å². The van der Waals surface area contributed by atoms with Crippen LogP contribution in [0, 0.1) is 11.8 Å². The number of nitrogens with one attached hydrogen (secondary N) is 1. The zero-order valence-corrected chi connectivity index (χ0v) is 16.2. The predicted molar refractivity (Wildman–Crippen MR) is 106 cm³/mol. The van der Waals surface area contributed by atoms with Gasteiger partial charge in [0, 0.05) is 35.5 Å². The molecule has 1 unspecified atom stereocenters. The smallest absolute Gasteiger partial charge is 0.404 e. The third-order valence-corrected chi connectivity index (χ3v) is 5.24. The van der Waals surface area contributed by atoms with Crippen molar-refractivity contribution in [2.45, 2.75) is 45.3 Å². The fraction of sp³-hybridized carbons (Fsp3) is 0.455. The van der Waals surface area contributed by atoms with Gasteiger partial charge in [0.1, 0.15) is 24.2 Å². The van der Waals surface area contributed by atoms with Crippen molar-refractivity contribution in [1.82, 2.24) is 10.3 Å². The van der Waals surface area contributed by atoms with Crippen LogP contribution in [0.4, 0.5) is 4.79 Å². The van der Waals surface area contributed by atoms with Crippen LogP contribution in [0.15, 0.2) is 36.7 Å². The molecule has 1 amide bonds. The number of amides is 1. The summed E-state index contributed by atoms with van der Waals surface area (Å²) in [7, 11) is 0. The van der Waals surface area contributed by atoms with Crippen molar-refractivity contribution in [2.24, 2.45) is 11.8 Å². The first kappa shape index (κ1) is 18.6. The van der Waals surface area contributed by atoms with Crippen molar-refractivity contribution in [3.05, 3.63) is 42.2 Å². The average molecular weight is 382 g/mol. The summed E-state index contributed by atoms with van der Waals surface area (Å²) >= 11 is 0. The highest BCUT2D eigenvalue weighted by Gasteiger charge is 2.38. The standard InChI is InChI=1S/C22H26N2O4/c1-13(2)9-15(24-22(25)26)12-27-16-5-6-18-17-7-8-23-11-19(17)21(14-3-4-14)28-20(18)10-16/h5-8,10-11,13-15,21,24H,3-4,9,12H2,1-2H3,(H,25,26)/t15-,21?/m0/s1. The summed E-state index contributed by atoms with van der Waals surface area (Å²) in [6, 6.07) is 7.63. The van der Waals surface area contributed by atoms with Crippen molar-refractivity contribution in [3.8, 4) is 22.6 Å². The van der Waals surface area contributed by atoms with Crippen LogP contribution >= 0.6 is 0 Å². The lowest BCUT2D eigenvalue weighted by molar-refractivity contribution is 0.172. The van der Waals surface area contributed by atoms with Crippen molar-refractivity contribution in [1.29, 1.82) is 0 Å². The van der Waals surface area contributed by atoms with Gasteiger partial charge >= 0.3 is 6.09 Å². The number of aromatic nitrogens is 1. The lowest BCUT2D eigenvalue weighted by Crippen LogP contribution is -2.39. The maximum absolute atomic E-state index is 11.0. The van der Waals surface area contributed by atoms with Gasteiger partial charge in [-0.25, -0.2) is 4.79 Å². The van der Waals surface area contributed by atoms with Crippen LogP contribution in [0.2, 0.25) is 0 Å². The Kier molecular flexibility index (Phi) is 5.11. The number of carboxylic acid groups (broad SMARTS) is 1. The summed E-state index contributed by atoms with van der Waals surface area (Å²) in [6.45, 7) is 4.41. The second-order valence-corrected chi connectivity index (χ2v) is 8.08. The number of carbonyl (C=O) groups is 1. The minimum atomic E-state index is -1.03. The molecule has 2 N–H and O–H groups in total. The lowest BCUT2D eigenvalue weighted by atomic mass is 9.92. The quantitative estimate of drug-likeness (QED) is 0.728. The van der Waals surface area contributed by atoms with Gasteiger partial charge in [-0.15, -0.1) is 0 Å². The highest BCUT2D eigenvalue weighted by Crippen LogP contribution is 2.51. The summed E-state index contributed by atoms with van der Waals surface area (Å²) in [6.07, 6.45) is 5.84. The Morgan fingerprint density at radius 2 is 2.14 bits per heavy atom. The van der Waals surface area contributed by atoms with Crippen LogP contribution in [-0.4, -0.2) is 28.8 Å². The molecule has 1 aliphatic heterocycles. The first-order chi connectivity index (χ1) is 13.5. The largest absolute Gasteiger partial charge is 0.491 e. The Labute approximate surface area is 164 Å². The van der Waals surface area contributed by atoms with Crippen LogP contribution < -0.4 is 14.8 Å². The van der Waals surface area contributed by atoms with E-state index in [4.69, 9.17) is 14.6 Å². The van der Waals surface area contributed by atoms with Crippen LogP contribution in [-0.2, 0) is 0 Å². The lowest BCUT2D eigenvalue weighted by Gasteiger charge is -2.29. The number of hydrogen-bond acceptors (Lipinski definition) is 4. The zero-order chi connectivity index (χ0) is 19.7. The second-order valence-electron chi connectivity index (χ2n) is 8.08. The number of ether oxygens (including phenoxy) is 2. The van der Waals surface area contributed by atoms with E-state index in [0.717, 1.165) is 23.3 Å². The molecule has 1 aromatic carbocycles. The van der Waals surface area contributed by atoms with Gasteiger partial charge in [0.2, 0.25) is 0 Å². The Balaban J connectivity index is 1.53. The molecule has 2 aromatic rings. The molecule has 0 spiro atoms. The van der Waals surface area contributed by atoms with Gasteiger partial charge in [0.05, 0.1) is 6.04 Å². The van der Waals surface area contributed by atoms with Crippen molar-refractivity contribution in [2.75, 3.05) is 6.61 Å². The van der Waals surface area contributed by atoms with E-state index >= 15 is 0 Å². The highest BCUT2D eigenvalue weighted by atomic mass is 16.5. The van der Waals surface area contributed by atoms with Crippen LogP contribution in [0.25, 0.3) is 11.1 Å². The highest BCUT2D eigenvalue weighted by molar-refractivity contribution is 5.76. The van der Waals surface area contributed by atoms with Gasteiger partial charge in [-0.2, -0.15) is 0 Å². The van der Waals surface area contributed by atoms with E-state index in [1.807, 2.05) is 36.7 Å². The maximum Gasteiger partial charge on any atom is 0.404 e. The normalized spacial score (nSPS) is 18.6. The van der Waals surface area contributed by atoms with Crippen molar-refractivity contribution >= 4 is 6.09 Å². The summed E-state index contributed by atoms with van der Waals surface area (Å²) in [4.78, 5) is 15.3. The topological polar surface area (TPSA) is 80.7 Å². The molecule has 6 nitrogen and oxygen atoms in total. The van der Waals surface area contributed by atoms with Gasteiger partial charge in [-0.3, -0.25) is 4.98 Å². The van der Waals surface area contributed by atoms with E-state index in [0.29, 0.717) is 17.6 Å². The molecule has 2 atom stereocenters. The van der Waals surface area contributed by atoms with Gasteiger partial charge in [-0.1, -0.05) is 13.8 Å². The van der Waals surface area contributed by atoms with Crippen LogP contribution in [0.3, 0.4) is 0 Å². The Morgan fingerprint density at radius 1 is 1.32 bits per heavy atom. The van der Waals surface area contributed by atoms with E-state index in [2.05, 4.69) is 24.1 Å². The number of benzene rings is 1. The molecule has 2 aliphatic rings. The molecule has 1 saturated carbocycles. The molecule has 1 aliphatic carbocycles. The van der Waals surface area contributed by atoms with Gasteiger partial charge in [0.25, 0.3) is 0 Å². The van der Waals surface area contributed by atoms with E-state index < -0.39 is 6.09 Å². The minimum absolute atomic E-state index is 0.0498. The number of hydrogen-bond donors (Lipinski definition) is 2. The molecule has 0 saturated heterocycles. The molecule has 0 bridgehead atoms. The SMILES string of the molecule is CC(C)C[C@@H](COc1ccc2c(c1)OC(C1CC1)c1cnccc1-2)NC(=O)O. The Hall–Kier alpha value is -2.76. The molecular formula is C22H26N2O4. The summed E-state index contributed by atoms with van der Waals surface area (Å²) in [5.41, 5.74) is 3.38. The van der Waals surface area contributed by atoms with Gasteiger partial charge < -0.3 is 19.9 Å². The average Bonchev–Trinajstić information content (AvgIpc) is 3.49. The fourth-order valence-electron chi connectivity index (χ4n) is 3.85. The van der Waals surface area contributed by atoms with Crippen molar-refractivity contribution < 1.29 is 19.4 Å². The van der Waals surface area contributed by atoms with E-state index in [1.165, 1.54) is 18.4 Å². The van der Waals surface area contributed by atoms with E-state index in [9.17, 15) is 4.79 Å². The number of fused-ring (bicyclic) bond motifs is 3. The van der Waals surface area contributed by atoms with E-state index in [1.54, 1.807) is 0 Å². The van der Waals surface area contributed by atoms with Gasteiger partial charge in [0.15, 0.2) is 0 Å². The molecule has 28 heavy (non-hydrogen) atoms. The van der Waals surface area contributed by atoms with Gasteiger partial charge in [-0.05, 0) is 48.9 Å². The predicted octanol–water partition coefficient (Wildman–Crippen LogP) is 4.65. The molecule has 4 rings (SSSR count). The van der Waals surface area contributed by atoms with Crippen molar-refractivity contribution in [3.63, 3.8) is 0 Å². The molecule has 6 heteroatoms. The zero-order valence-electron chi connectivity index (χ0n) is 16.2. The summed E-state index contributed by atoms with van der Waals surface area (Å²) in [5.74, 6) is 2.43. The second kappa shape index (κ2) is 7.70. The third kappa shape index (κ3) is 4.06. The first-order valence-corrected chi connectivity index (χ1v) is 9.88. The van der Waals surface area contributed by atoms with Crippen LogP contribution in [0.1, 0.15) is 44.8 Å². The minimum Gasteiger partial charge on any atom is -0.491 e. The summed E-state index contributed by atoms with van der Waals surface area (Å²) < 4.78 is 12.2. The first-order valence-electron chi connectivity index (χ1n) is 9.88. The molecule has 1 aromatic heterocycles. The number of nitrogens with zero attached hydrogens (tertiary/aromatic N) is 1. The maximum atomic E-state index is 11.0. The third-order valence-electron chi connectivity index (χ3n) is 5.24. The fourth-order valence-corrected chi connectivity index (χ4v) is 3.85. The number of rotatable bonds is 7. The molecule has 2 heterocycles.